The minimum absolute atomic E-state index is 0.160. The van der Waals surface area contributed by atoms with Crippen LogP contribution in [-0.2, 0) is 24.2 Å². The van der Waals surface area contributed by atoms with Gasteiger partial charge in [0.15, 0.2) is 0 Å². The van der Waals surface area contributed by atoms with E-state index in [0.717, 1.165) is 45.9 Å². The number of aromatic nitrogens is 3. The van der Waals surface area contributed by atoms with Crippen LogP contribution in [0.5, 0.6) is 0 Å². The van der Waals surface area contributed by atoms with Crippen molar-refractivity contribution in [3.8, 4) is 0 Å². The second-order valence-corrected chi connectivity index (χ2v) is 9.05. The van der Waals surface area contributed by atoms with Crippen molar-refractivity contribution in [3.05, 3.63) is 23.1 Å². The number of aryl methyl sites for hydroxylation is 1. The van der Waals surface area contributed by atoms with Crippen LogP contribution in [0.25, 0.3) is 20.4 Å². The van der Waals surface area contributed by atoms with Gasteiger partial charge in [0.1, 0.15) is 17.0 Å². The van der Waals surface area contributed by atoms with Crippen molar-refractivity contribution >= 4 is 37.6 Å². The Kier molecular flexibility index (Phi) is 4.35. The average Bonchev–Trinajstić information content (AvgIpc) is 2.97. The van der Waals surface area contributed by atoms with Crippen LogP contribution in [0.1, 0.15) is 51.4 Å². The normalized spacial score (nSPS) is 16.4. The van der Waals surface area contributed by atoms with Gasteiger partial charge in [0, 0.05) is 29.6 Å². The molecule has 4 rings (SSSR count). The van der Waals surface area contributed by atoms with E-state index in [1.165, 1.54) is 16.5 Å². The van der Waals surface area contributed by atoms with Gasteiger partial charge in [0.25, 0.3) is 0 Å². The Balaban J connectivity index is 1.97. The molecule has 5 nitrogen and oxygen atoms in total. The molecule has 26 heavy (non-hydrogen) atoms. The summed E-state index contributed by atoms with van der Waals surface area (Å²) in [5, 5.41) is 4.68. The summed E-state index contributed by atoms with van der Waals surface area (Å²) in [5.74, 6) is 1.48. The number of nitrogens with zero attached hydrogens (tertiary/aromatic N) is 3. The van der Waals surface area contributed by atoms with Crippen molar-refractivity contribution in [2.45, 2.75) is 59.7 Å². The lowest BCUT2D eigenvalue weighted by molar-refractivity contribution is -0.0401. The molecule has 0 radical (unpaired) electrons. The minimum atomic E-state index is -0.160. The standard InChI is InChI=1S/C20H26N4OS/c1-6-14-13-9-25-20(4,5)7-12(13)15-16-17(26-19(15)24-14)18(23-10-22-16)21-8-11(2)3/h10-11H,6-9H2,1-5H3,(H,21,22,23). The van der Waals surface area contributed by atoms with Crippen molar-refractivity contribution in [3.63, 3.8) is 0 Å². The molecular formula is C20H26N4OS. The number of hydrogen-bond acceptors (Lipinski definition) is 6. The van der Waals surface area contributed by atoms with Crippen molar-refractivity contribution < 1.29 is 4.74 Å². The highest BCUT2D eigenvalue weighted by Crippen LogP contribution is 2.42. The molecular weight excluding hydrogens is 344 g/mol. The Morgan fingerprint density at radius 1 is 1.27 bits per heavy atom. The van der Waals surface area contributed by atoms with E-state index in [0.29, 0.717) is 12.5 Å². The molecule has 1 N–H and O–H groups in total. The molecule has 0 aromatic carbocycles. The summed E-state index contributed by atoms with van der Waals surface area (Å²) in [5.41, 5.74) is 4.64. The van der Waals surface area contributed by atoms with Gasteiger partial charge in [-0.1, -0.05) is 20.8 Å². The second-order valence-electron chi connectivity index (χ2n) is 8.05. The number of rotatable bonds is 4. The van der Waals surface area contributed by atoms with E-state index in [2.05, 4.69) is 49.9 Å². The number of ether oxygens (including phenoxy) is 1. The van der Waals surface area contributed by atoms with Gasteiger partial charge in [-0.15, -0.1) is 11.3 Å². The molecule has 1 aliphatic heterocycles. The van der Waals surface area contributed by atoms with Gasteiger partial charge in [0.2, 0.25) is 0 Å². The maximum atomic E-state index is 6.08. The Labute approximate surface area is 158 Å². The van der Waals surface area contributed by atoms with E-state index in [4.69, 9.17) is 9.72 Å². The first-order valence-electron chi connectivity index (χ1n) is 9.35. The van der Waals surface area contributed by atoms with Crippen LogP contribution in [0.2, 0.25) is 0 Å². The van der Waals surface area contributed by atoms with Crippen molar-refractivity contribution in [1.29, 1.82) is 0 Å². The highest BCUT2D eigenvalue weighted by molar-refractivity contribution is 7.26. The van der Waals surface area contributed by atoms with Crippen LogP contribution in [0, 0.1) is 5.92 Å². The number of pyridine rings is 1. The van der Waals surface area contributed by atoms with Gasteiger partial charge in [-0.2, -0.15) is 0 Å². The summed E-state index contributed by atoms with van der Waals surface area (Å²) in [7, 11) is 0. The third-order valence-corrected chi connectivity index (χ3v) is 6.01. The van der Waals surface area contributed by atoms with E-state index in [1.807, 2.05) is 0 Å². The van der Waals surface area contributed by atoms with Crippen molar-refractivity contribution in [1.82, 2.24) is 15.0 Å². The molecule has 0 fully saturated rings. The van der Waals surface area contributed by atoms with Crippen LogP contribution < -0.4 is 5.32 Å². The summed E-state index contributed by atoms with van der Waals surface area (Å²) < 4.78 is 7.19. The van der Waals surface area contributed by atoms with E-state index in [-0.39, 0.29) is 5.60 Å². The minimum Gasteiger partial charge on any atom is -0.370 e. The summed E-state index contributed by atoms with van der Waals surface area (Å²) in [6.07, 6.45) is 3.47. The first-order valence-corrected chi connectivity index (χ1v) is 10.2. The summed E-state index contributed by atoms with van der Waals surface area (Å²) in [4.78, 5) is 15.2. The summed E-state index contributed by atoms with van der Waals surface area (Å²) in [6.45, 7) is 12.4. The molecule has 0 aliphatic carbocycles. The van der Waals surface area contributed by atoms with Gasteiger partial charge < -0.3 is 10.1 Å². The summed E-state index contributed by atoms with van der Waals surface area (Å²) in [6, 6.07) is 0. The third kappa shape index (κ3) is 2.95. The van der Waals surface area contributed by atoms with Crippen LogP contribution in [-0.4, -0.2) is 27.1 Å². The van der Waals surface area contributed by atoms with Crippen LogP contribution >= 0.6 is 11.3 Å². The lowest BCUT2D eigenvalue weighted by Gasteiger charge is -2.33. The largest absolute Gasteiger partial charge is 0.370 e. The molecule has 0 unspecified atom stereocenters. The van der Waals surface area contributed by atoms with Crippen LogP contribution in [0.15, 0.2) is 6.33 Å². The molecule has 0 bridgehead atoms. The first kappa shape index (κ1) is 17.6. The van der Waals surface area contributed by atoms with E-state index in [9.17, 15) is 0 Å². The van der Waals surface area contributed by atoms with Crippen LogP contribution in [0.3, 0.4) is 0 Å². The highest BCUT2D eigenvalue weighted by atomic mass is 32.1. The fourth-order valence-corrected chi connectivity index (χ4v) is 4.74. The van der Waals surface area contributed by atoms with Gasteiger partial charge in [0.05, 0.1) is 22.4 Å². The van der Waals surface area contributed by atoms with E-state index >= 15 is 0 Å². The number of anilines is 1. The Morgan fingerprint density at radius 2 is 2.08 bits per heavy atom. The predicted octanol–water partition coefficient (Wildman–Crippen LogP) is 4.72. The fourth-order valence-electron chi connectivity index (χ4n) is 3.59. The summed E-state index contributed by atoms with van der Waals surface area (Å²) >= 11 is 1.70. The number of thiophene rings is 1. The Morgan fingerprint density at radius 3 is 2.81 bits per heavy atom. The van der Waals surface area contributed by atoms with E-state index < -0.39 is 0 Å². The molecule has 0 saturated heterocycles. The Bertz CT molecular complexity index is 977. The zero-order valence-corrected chi connectivity index (χ0v) is 17.0. The molecule has 3 aromatic rings. The quantitative estimate of drug-likeness (QED) is 0.720. The van der Waals surface area contributed by atoms with Gasteiger partial charge >= 0.3 is 0 Å². The monoisotopic (exact) mass is 370 g/mol. The number of hydrogen-bond donors (Lipinski definition) is 1. The van der Waals surface area contributed by atoms with Crippen molar-refractivity contribution in [2.75, 3.05) is 11.9 Å². The molecule has 1 aliphatic rings. The Hall–Kier alpha value is -1.79. The average molecular weight is 371 g/mol. The molecule has 4 heterocycles. The molecule has 0 spiro atoms. The van der Waals surface area contributed by atoms with Crippen molar-refractivity contribution in [2.24, 2.45) is 5.92 Å². The third-order valence-electron chi connectivity index (χ3n) is 4.93. The van der Waals surface area contributed by atoms with Gasteiger partial charge in [-0.3, -0.25) is 0 Å². The van der Waals surface area contributed by atoms with E-state index in [1.54, 1.807) is 17.7 Å². The SMILES string of the molecule is CCc1nc2sc3c(NCC(C)C)ncnc3c2c2c1COC(C)(C)C2. The predicted molar refractivity (Wildman–Crippen MR) is 108 cm³/mol. The fraction of sp³-hybridized carbons (Fsp3) is 0.550. The number of nitrogens with one attached hydrogen (secondary N) is 1. The molecule has 0 atom stereocenters. The maximum absolute atomic E-state index is 6.08. The van der Waals surface area contributed by atoms with Gasteiger partial charge in [-0.05, 0) is 31.7 Å². The lowest BCUT2D eigenvalue weighted by Crippen LogP contribution is -2.32. The molecule has 0 amide bonds. The zero-order chi connectivity index (χ0) is 18.5. The maximum Gasteiger partial charge on any atom is 0.147 e. The topological polar surface area (TPSA) is 59.9 Å². The smallest absolute Gasteiger partial charge is 0.147 e. The van der Waals surface area contributed by atoms with Crippen LogP contribution in [0.4, 0.5) is 5.82 Å². The molecule has 6 heteroatoms. The first-order chi connectivity index (χ1) is 12.4. The number of fused-ring (bicyclic) bond motifs is 5. The zero-order valence-electron chi connectivity index (χ0n) is 16.1. The molecule has 0 saturated carbocycles. The highest BCUT2D eigenvalue weighted by Gasteiger charge is 2.31. The van der Waals surface area contributed by atoms with Gasteiger partial charge in [-0.25, -0.2) is 15.0 Å². The second kappa shape index (κ2) is 6.43. The molecule has 138 valence electrons. The lowest BCUT2D eigenvalue weighted by atomic mass is 9.89. The molecule has 3 aromatic heterocycles.